The Morgan fingerprint density at radius 1 is 1.08 bits per heavy atom. The van der Waals surface area contributed by atoms with Gasteiger partial charge in [0.2, 0.25) is 0 Å². The summed E-state index contributed by atoms with van der Waals surface area (Å²) >= 11 is 0. The maximum absolute atomic E-state index is 10.9. The fraction of sp³-hybridized carbons (Fsp3) is 0.581. The van der Waals surface area contributed by atoms with Crippen LogP contribution in [-0.4, -0.2) is 71.5 Å². The molecule has 39 heavy (non-hydrogen) atoms. The lowest BCUT2D eigenvalue weighted by Crippen LogP contribution is -2.46. The average molecular weight is 531 g/mol. The number of H-pyrrole nitrogens is 1. The Morgan fingerprint density at radius 2 is 1.87 bits per heavy atom. The quantitative estimate of drug-likeness (QED) is 0.324. The number of fused-ring (bicyclic) bond motifs is 2. The second kappa shape index (κ2) is 9.98. The first kappa shape index (κ1) is 26.4. The molecule has 3 heterocycles. The maximum atomic E-state index is 10.9. The van der Waals surface area contributed by atoms with E-state index in [0.717, 1.165) is 59.4 Å². The van der Waals surface area contributed by atoms with Crippen molar-refractivity contribution in [1.82, 2.24) is 29.4 Å². The molecule has 0 unspecified atom stereocenters. The zero-order valence-corrected chi connectivity index (χ0v) is 23.8. The summed E-state index contributed by atoms with van der Waals surface area (Å²) in [7, 11) is 2.17. The second-order valence-corrected chi connectivity index (χ2v) is 13.1. The minimum Gasteiger partial charge on any atom is -0.390 e. The van der Waals surface area contributed by atoms with Gasteiger partial charge in [0.15, 0.2) is 0 Å². The number of imidazole rings is 1. The first-order valence-electron chi connectivity index (χ1n) is 14.4. The van der Waals surface area contributed by atoms with Crippen LogP contribution in [0.2, 0.25) is 0 Å². The number of hydrogen-bond acceptors (Lipinski definition) is 6. The third-order valence-corrected chi connectivity index (χ3v) is 9.38. The van der Waals surface area contributed by atoms with E-state index >= 15 is 0 Å². The molecule has 2 aliphatic rings. The molecule has 208 valence electrons. The highest BCUT2D eigenvalue weighted by molar-refractivity contribution is 5.78. The van der Waals surface area contributed by atoms with Gasteiger partial charge in [-0.05, 0) is 74.8 Å². The van der Waals surface area contributed by atoms with Gasteiger partial charge in [0.25, 0.3) is 0 Å². The Hall–Kier alpha value is -2.81. The van der Waals surface area contributed by atoms with Crippen LogP contribution in [0.15, 0.2) is 36.8 Å². The predicted octanol–water partition coefficient (Wildman–Crippen LogP) is 4.54. The normalized spacial score (nSPS) is 27.6. The van der Waals surface area contributed by atoms with Crippen molar-refractivity contribution in [2.45, 2.75) is 89.5 Å². The topological polar surface area (TPSA) is 103 Å². The lowest BCUT2D eigenvalue weighted by molar-refractivity contribution is -0.00658. The molecule has 4 atom stereocenters. The zero-order valence-electron chi connectivity index (χ0n) is 23.8. The second-order valence-electron chi connectivity index (χ2n) is 13.1. The number of aryl methyl sites for hydroxylation is 2. The molecule has 0 bridgehead atoms. The molecule has 0 spiro atoms. The predicted molar refractivity (Wildman–Crippen MR) is 154 cm³/mol. The van der Waals surface area contributed by atoms with Crippen molar-refractivity contribution in [2.75, 3.05) is 13.6 Å². The third kappa shape index (κ3) is 4.98. The molecular weight excluding hydrogens is 488 g/mol. The fourth-order valence-electron chi connectivity index (χ4n) is 6.72. The van der Waals surface area contributed by atoms with Crippen molar-refractivity contribution in [1.29, 1.82) is 0 Å². The first-order valence-corrected chi connectivity index (χ1v) is 14.4. The molecule has 2 aliphatic carbocycles. The highest BCUT2D eigenvalue weighted by Gasteiger charge is 2.44. The van der Waals surface area contributed by atoms with Crippen LogP contribution in [0.1, 0.15) is 69.6 Å². The molecule has 3 N–H and O–H groups in total. The van der Waals surface area contributed by atoms with Gasteiger partial charge in [0.05, 0.1) is 28.9 Å². The van der Waals surface area contributed by atoms with Gasteiger partial charge in [-0.2, -0.15) is 0 Å². The molecule has 8 heteroatoms. The van der Waals surface area contributed by atoms with Crippen molar-refractivity contribution < 1.29 is 10.2 Å². The van der Waals surface area contributed by atoms with E-state index in [1.807, 2.05) is 23.8 Å². The summed E-state index contributed by atoms with van der Waals surface area (Å²) in [5.41, 5.74) is 5.40. The molecule has 8 nitrogen and oxygen atoms in total. The Labute approximate surface area is 230 Å². The molecular formula is C31H42N6O2. The number of aliphatic hydroxyl groups is 2. The molecule has 0 aliphatic heterocycles. The van der Waals surface area contributed by atoms with Crippen LogP contribution in [0.25, 0.3) is 22.1 Å². The van der Waals surface area contributed by atoms with E-state index in [1.165, 1.54) is 18.4 Å². The summed E-state index contributed by atoms with van der Waals surface area (Å²) in [5.74, 6) is 1.82. The average Bonchev–Trinajstić information content (AvgIpc) is 3.54. The Bertz CT molecular complexity index is 1460. The van der Waals surface area contributed by atoms with Crippen LogP contribution in [0.3, 0.4) is 0 Å². The van der Waals surface area contributed by atoms with Crippen molar-refractivity contribution in [3.05, 3.63) is 53.9 Å². The van der Waals surface area contributed by atoms with Gasteiger partial charge < -0.3 is 24.7 Å². The number of benzene rings is 1. The molecule has 2 saturated carbocycles. The highest BCUT2D eigenvalue weighted by Crippen LogP contribution is 2.40. The van der Waals surface area contributed by atoms with E-state index in [2.05, 4.69) is 65.9 Å². The highest BCUT2D eigenvalue weighted by atomic mass is 16.3. The minimum atomic E-state index is -0.799. The van der Waals surface area contributed by atoms with E-state index in [0.29, 0.717) is 12.0 Å². The van der Waals surface area contributed by atoms with E-state index in [9.17, 15) is 10.2 Å². The van der Waals surface area contributed by atoms with Crippen LogP contribution in [0, 0.1) is 18.8 Å². The molecule has 2 fully saturated rings. The summed E-state index contributed by atoms with van der Waals surface area (Å²) in [6.45, 7) is 9.48. The standard InChI is InChI=1S/C31H42N6O2/c1-18-23-10-11-37(30(23)33-17-32-18)26-14-20(28(38)29(26)39)16-36(5)22-12-19(13-22)6-9-27-34-24-8-7-21(31(2,3)4)15-25(24)35-27/h7-8,10-11,15,17,19-20,22,26,28-29,38-39H,6,9,12-14,16H2,1-5H3,(H,34,35)/t19?,20-,22?,26-,28-,29+/m1/s1. The number of nitrogens with zero attached hydrogens (tertiary/aromatic N) is 5. The van der Waals surface area contributed by atoms with Gasteiger partial charge >= 0.3 is 0 Å². The first-order chi connectivity index (χ1) is 18.6. The van der Waals surface area contributed by atoms with Crippen molar-refractivity contribution >= 4 is 22.1 Å². The van der Waals surface area contributed by atoms with Crippen LogP contribution < -0.4 is 0 Å². The van der Waals surface area contributed by atoms with E-state index in [4.69, 9.17) is 4.98 Å². The number of rotatable bonds is 7. The third-order valence-electron chi connectivity index (χ3n) is 9.38. The largest absolute Gasteiger partial charge is 0.390 e. The van der Waals surface area contributed by atoms with Gasteiger partial charge in [0, 0.05) is 36.5 Å². The zero-order chi connectivity index (χ0) is 27.5. The molecule has 0 amide bonds. The summed E-state index contributed by atoms with van der Waals surface area (Å²) < 4.78 is 2.03. The molecule has 6 rings (SSSR count). The number of nitrogens with one attached hydrogen (secondary N) is 1. The van der Waals surface area contributed by atoms with E-state index < -0.39 is 12.2 Å². The fourth-order valence-corrected chi connectivity index (χ4v) is 6.72. The maximum Gasteiger partial charge on any atom is 0.143 e. The monoisotopic (exact) mass is 530 g/mol. The SMILES string of the molecule is Cc1ncnc2c1ccn2[C@@H]1C[C@H](CN(C)C2CC(CCc3nc4ccc(C(C)(C)C)cc4[nH]3)C2)[C@@H](O)[C@H]1O. The van der Waals surface area contributed by atoms with Crippen molar-refractivity contribution in [2.24, 2.45) is 11.8 Å². The Kier molecular flexibility index (Phi) is 6.76. The lowest BCUT2D eigenvalue weighted by Gasteiger charge is -2.42. The van der Waals surface area contributed by atoms with Gasteiger partial charge in [-0.3, -0.25) is 0 Å². The molecule has 0 saturated heterocycles. The van der Waals surface area contributed by atoms with Crippen LogP contribution in [0.4, 0.5) is 0 Å². The Balaban J connectivity index is 1.01. The lowest BCUT2D eigenvalue weighted by atomic mass is 9.76. The smallest absolute Gasteiger partial charge is 0.143 e. The summed E-state index contributed by atoms with van der Waals surface area (Å²) in [6, 6.07) is 8.93. The number of aliphatic hydroxyl groups excluding tert-OH is 2. The molecule has 4 aromatic rings. The molecule has 3 aromatic heterocycles. The van der Waals surface area contributed by atoms with E-state index in [-0.39, 0.29) is 17.4 Å². The van der Waals surface area contributed by atoms with Gasteiger partial charge in [-0.25, -0.2) is 15.0 Å². The van der Waals surface area contributed by atoms with Crippen LogP contribution >= 0.6 is 0 Å². The number of hydrogen-bond donors (Lipinski definition) is 3. The summed E-state index contributed by atoms with van der Waals surface area (Å²) in [5, 5.41) is 22.9. The summed E-state index contributed by atoms with van der Waals surface area (Å²) in [4.78, 5) is 19.5. The number of aromatic amines is 1. The molecule has 1 aromatic carbocycles. The van der Waals surface area contributed by atoms with Gasteiger partial charge in [0.1, 0.15) is 23.9 Å². The van der Waals surface area contributed by atoms with Crippen molar-refractivity contribution in [3.63, 3.8) is 0 Å². The minimum absolute atomic E-state index is 0.0305. The Morgan fingerprint density at radius 3 is 2.64 bits per heavy atom. The van der Waals surface area contributed by atoms with Crippen LogP contribution in [0.5, 0.6) is 0 Å². The summed E-state index contributed by atoms with van der Waals surface area (Å²) in [6.07, 6.45) is 7.22. The van der Waals surface area contributed by atoms with Crippen LogP contribution in [-0.2, 0) is 11.8 Å². The van der Waals surface area contributed by atoms with E-state index in [1.54, 1.807) is 6.33 Å². The van der Waals surface area contributed by atoms with Gasteiger partial charge in [-0.1, -0.05) is 26.8 Å². The number of aromatic nitrogens is 5. The molecule has 0 radical (unpaired) electrons. The van der Waals surface area contributed by atoms with Gasteiger partial charge in [-0.15, -0.1) is 0 Å². The van der Waals surface area contributed by atoms with Crippen molar-refractivity contribution in [3.8, 4) is 0 Å².